The molecule has 0 spiro atoms. The monoisotopic (exact) mass is 187 g/mol. The first-order chi connectivity index (χ1) is 5.92. The molecule has 2 atom stereocenters. The second-order valence-electron chi connectivity index (χ2n) is 3.97. The Bertz CT molecular complexity index is 203. The van der Waals surface area contributed by atoms with Crippen LogP contribution in [0.1, 0.15) is 20.3 Å². The molecule has 0 aromatic carbocycles. The number of likely N-dealkylation sites (tertiary alicyclic amines) is 1. The summed E-state index contributed by atoms with van der Waals surface area (Å²) in [6, 6.07) is 0. The average Bonchev–Trinajstić information content (AvgIpc) is 1.97. The van der Waals surface area contributed by atoms with Crippen molar-refractivity contribution in [2.24, 2.45) is 0 Å². The van der Waals surface area contributed by atoms with Gasteiger partial charge in [-0.25, -0.2) is 0 Å². The van der Waals surface area contributed by atoms with E-state index in [4.69, 9.17) is 4.74 Å². The van der Waals surface area contributed by atoms with Crippen LogP contribution in [0, 0.1) is 0 Å². The molecule has 1 saturated heterocycles. The number of carbonyl (C=O) groups excluding carboxylic acids is 1. The molecule has 1 heterocycles. The normalized spacial score (nSPS) is 35.8. The predicted octanol–water partition coefficient (Wildman–Crippen LogP) is 0.00460. The number of ether oxygens (including phenoxy) is 1. The van der Waals surface area contributed by atoms with Gasteiger partial charge in [-0.05, 0) is 20.4 Å². The van der Waals surface area contributed by atoms with E-state index in [1.165, 1.54) is 6.92 Å². The van der Waals surface area contributed by atoms with Crippen LogP contribution in [0.25, 0.3) is 0 Å². The van der Waals surface area contributed by atoms with Crippen molar-refractivity contribution in [3.8, 4) is 0 Å². The van der Waals surface area contributed by atoms with Gasteiger partial charge in [0.25, 0.3) is 0 Å². The smallest absolute Gasteiger partial charge is 0.303 e. The quantitative estimate of drug-likeness (QED) is 0.587. The zero-order valence-corrected chi connectivity index (χ0v) is 8.41. The molecule has 0 amide bonds. The van der Waals surface area contributed by atoms with Crippen molar-refractivity contribution in [1.29, 1.82) is 0 Å². The summed E-state index contributed by atoms with van der Waals surface area (Å²) in [7, 11) is 1.95. The zero-order chi connectivity index (χ0) is 10.1. The van der Waals surface area contributed by atoms with E-state index in [1.54, 1.807) is 6.92 Å². The molecule has 13 heavy (non-hydrogen) atoms. The number of likely N-dealkylation sites (N-methyl/N-ethyl adjacent to an activating group) is 1. The highest BCUT2D eigenvalue weighted by molar-refractivity contribution is 5.66. The lowest BCUT2D eigenvalue weighted by atomic mass is 9.91. The van der Waals surface area contributed by atoms with Crippen LogP contribution in [0.15, 0.2) is 0 Å². The number of hydrogen-bond acceptors (Lipinski definition) is 4. The third kappa shape index (κ3) is 2.67. The molecule has 1 aliphatic rings. The van der Waals surface area contributed by atoms with Crippen LogP contribution in [-0.2, 0) is 9.53 Å². The summed E-state index contributed by atoms with van der Waals surface area (Å²) in [4.78, 5) is 12.8. The van der Waals surface area contributed by atoms with Crippen molar-refractivity contribution in [3.63, 3.8) is 0 Å². The first-order valence-corrected chi connectivity index (χ1v) is 4.50. The summed E-state index contributed by atoms with van der Waals surface area (Å²) in [5.41, 5.74) is -0.877. The minimum atomic E-state index is -0.877. The van der Waals surface area contributed by atoms with Crippen LogP contribution < -0.4 is 0 Å². The Hall–Kier alpha value is -0.610. The molecule has 0 radical (unpaired) electrons. The predicted molar refractivity (Wildman–Crippen MR) is 48.3 cm³/mol. The van der Waals surface area contributed by atoms with Crippen LogP contribution in [-0.4, -0.2) is 47.8 Å². The van der Waals surface area contributed by atoms with Gasteiger partial charge in [-0.1, -0.05) is 0 Å². The van der Waals surface area contributed by atoms with Crippen LogP contribution >= 0.6 is 0 Å². The fraction of sp³-hybridized carbons (Fsp3) is 0.889. The number of rotatable bonds is 1. The number of aliphatic hydroxyl groups is 1. The van der Waals surface area contributed by atoms with E-state index in [0.717, 1.165) is 6.54 Å². The lowest BCUT2D eigenvalue weighted by Gasteiger charge is -2.40. The molecule has 1 rings (SSSR count). The molecule has 4 nitrogen and oxygen atoms in total. The molecule has 0 aromatic heterocycles. The average molecular weight is 187 g/mol. The van der Waals surface area contributed by atoms with Crippen LogP contribution in [0.4, 0.5) is 0 Å². The van der Waals surface area contributed by atoms with Crippen molar-refractivity contribution < 1.29 is 14.6 Å². The van der Waals surface area contributed by atoms with E-state index in [1.807, 2.05) is 11.9 Å². The van der Waals surface area contributed by atoms with Gasteiger partial charge < -0.3 is 14.7 Å². The highest BCUT2D eigenvalue weighted by atomic mass is 16.6. The summed E-state index contributed by atoms with van der Waals surface area (Å²) in [6.45, 7) is 4.52. The molecule has 1 N–H and O–H groups in total. The fourth-order valence-corrected chi connectivity index (χ4v) is 1.51. The molecular weight excluding hydrogens is 170 g/mol. The Balaban J connectivity index is 2.61. The topological polar surface area (TPSA) is 49.8 Å². The lowest BCUT2D eigenvalue weighted by molar-refractivity contribution is -0.169. The van der Waals surface area contributed by atoms with Crippen molar-refractivity contribution in [1.82, 2.24) is 4.90 Å². The molecule has 0 aromatic rings. The first kappa shape index (κ1) is 10.5. The highest BCUT2D eigenvalue weighted by Gasteiger charge is 2.38. The van der Waals surface area contributed by atoms with E-state index in [0.29, 0.717) is 13.0 Å². The van der Waals surface area contributed by atoms with Crippen molar-refractivity contribution in [2.45, 2.75) is 32.0 Å². The maximum absolute atomic E-state index is 10.8. The van der Waals surface area contributed by atoms with Crippen LogP contribution in [0.2, 0.25) is 0 Å². The van der Waals surface area contributed by atoms with Gasteiger partial charge in [0.15, 0.2) is 0 Å². The van der Waals surface area contributed by atoms with E-state index in [2.05, 4.69) is 0 Å². The van der Waals surface area contributed by atoms with Crippen LogP contribution in [0.5, 0.6) is 0 Å². The Morgan fingerprint density at radius 1 is 1.69 bits per heavy atom. The number of nitrogens with zero attached hydrogens (tertiary/aromatic N) is 1. The summed E-state index contributed by atoms with van der Waals surface area (Å²) < 4.78 is 5.05. The summed E-state index contributed by atoms with van der Waals surface area (Å²) in [5.74, 6) is -0.333. The van der Waals surface area contributed by atoms with Crippen molar-refractivity contribution >= 4 is 5.97 Å². The largest absolute Gasteiger partial charge is 0.458 e. The Kier molecular flexibility index (Phi) is 2.93. The number of esters is 1. The minimum Gasteiger partial charge on any atom is -0.458 e. The Labute approximate surface area is 78.5 Å². The maximum Gasteiger partial charge on any atom is 0.303 e. The van der Waals surface area contributed by atoms with Gasteiger partial charge in [-0.2, -0.15) is 0 Å². The molecule has 0 aliphatic carbocycles. The second-order valence-corrected chi connectivity index (χ2v) is 3.97. The molecule has 0 unspecified atom stereocenters. The molecule has 1 fully saturated rings. The number of piperidine rings is 1. The summed E-state index contributed by atoms with van der Waals surface area (Å²) in [6.07, 6.45) is 0.241. The first-order valence-electron chi connectivity index (χ1n) is 4.50. The Morgan fingerprint density at radius 2 is 2.31 bits per heavy atom. The SMILES string of the molecule is CC(=O)O[C@H]1CN(C)CC[C@]1(C)O. The minimum absolute atomic E-state index is 0.333. The second kappa shape index (κ2) is 3.64. The maximum atomic E-state index is 10.8. The van der Waals surface area contributed by atoms with E-state index < -0.39 is 11.7 Å². The van der Waals surface area contributed by atoms with Gasteiger partial charge in [-0.15, -0.1) is 0 Å². The van der Waals surface area contributed by atoms with E-state index in [9.17, 15) is 9.90 Å². The van der Waals surface area contributed by atoms with Gasteiger partial charge >= 0.3 is 5.97 Å². The number of hydrogen-bond donors (Lipinski definition) is 1. The third-order valence-electron chi connectivity index (χ3n) is 2.48. The van der Waals surface area contributed by atoms with Crippen molar-refractivity contribution in [2.75, 3.05) is 20.1 Å². The standard InChI is InChI=1S/C9H17NO3/c1-7(11)13-8-6-10(3)5-4-9(8,2)12/h8,12H,4-6H2,1-3H3/t8-,9-/m0/s1. The molecule has 1 aliphatic heterocycles. The molecule has 0 bridgehead atoms. The molecule has 0 saturated carbocycles. The van der Waals surface area contributed by atoms with Gasteiger partial charge in [0, 0.05) is 20.0 Å². The number of carbonyl (C=O) groups is 1. The lowest BCUT2D eigenvalue weighted by Crippen LogP contribution is -2.54. The summed E-state index contributed by atoms with van der Waals surface area (Å²) in [5, 5.41) is 9.90. The van der Waals surface area contributed by atoms with Gasteiger partial charge in [0.1, 0.15) is 11.7 Å². The van der Waals surface area contributed by atoms with Crippen molar-refractivity contribution in [3.05, 3.63) is 0 Å². The highest BCUT2D eigenvalue weighted by Crippen LogP contribution is 2.23. The molecule has 4 heteroatoms. The fourth-order valence-electron chi connectivity index (χ4n) is 1.51. The Morgan fingerprint density at radius 3 is 2.85 bits per heavy atom. The van der Waals surface area contributed by atoms with Gasteiger partial charge in [0.05, 0.1) is 0 Å². The van der Waals surface area contributed by atoms with Crippen LogP contribution in [0.3, 0.4) is 0 Å². The summed E-state index contributed by atoms with van der Waals surface area (Å²) >= 11 is 0. The molecular formula is C9H17NO3. The van der Waals surface area contributed by atoms with Gasteiger partial charge in [0.2, 0.25) is 0 Å². The van der Waals surface area contributed by atoms with E-state index >= 15 is 0 Å². The van der Waals surface area contributed by atoms with E-state index in [-0.39, 0.29) is 5.97 Å². The van der Waals surface area contributed by atoms with Gasteiger partial charge in [-0.3, -0.25) is 4.79 Å². The zero-order valence-electron chi connectivity index (χ0n) is 8.41. The third-order valence-corrected chi connectivity index (χ3v) is 2.48. The molecule has 76 valence electrons.